The van der Waals surface area contributed by atoms with E-state index < -0.39 is 0 Å². The largest absolute Gasteiger partial charge is 0.144 e. The summed E-state index contributed by atoms with van der Waals surface area (Å²) >= 11 is 7.25. The number of rotatable bonds is 3. The Labute approximate surface area is 74.6 Å². The molecule has 0 saturated heterocycles. The van der Waals surface area contributed by atoms with Crippen molar-refractivity contribution in [3.63, 3.8) is 0 Å². The number of aromatic nitrogens is 2. The summed E-state index contributed by atoms with van der Waals surface area (Å²) in [6.07, 6.45) is 3.86. The minimum atomic E-state index is 0.502. The van der Waals surface area contributed by atoms with Crippen LogP contribution in [-0.2, 0) is 12.3 Å². The van der Waals surface area contributed by atoms with E-state index in [2.05, 4.69) is 10.2 Å². The van der Waals surface area contributed by atoms with Gasteiger partial charge in [0, 0.05) is 6.42 Å². The van der Waals surface area contributed by atoms with Crippen LogP contribution >= 0.6 is 22.9 Å². The Hall–Kier alpha value is -0.150. The second-order valence-electron chi connectivity index (χ2n) is 2.87. The van der Waals surface area contributed by atoms with Crippen molar-refractivity contribution in [1.82, 2.24) is 10.2 Å². The van der Waals surface area contributed by atoms with Gasteiger partial charge in [-0.2, -0.15) is 0 Å². The molecule has 4 heteroatoms. The highest BCUT2D eigenvalue weighted by Gasteiger charge is 2.23. The molecule has 1 aromatic rings. The molecule has 2 rings (SSSR count). The first kappa shape index (κ1) is 7.50. The minimum absolute atomic E-state index is 0.502. The van der Waals surface area contributed by atoms with E-state index in [-0.39, 0.29) is 0 Å². The van der Waals surface area contributed by atoms with Gasteiger partial charge in [-0.3, -0.25) is 0 Å². The molecule has 1 aliphatic rings. The quantitative estimate of drug-likeness (QED) is 0.680. The van der Waals surface area contributed by atoms with Crippen LogP contribution in [0.4, 0.5) is 0 Å². The number of hydrogen-bond donors (Lipinski definition) is 0. The molecule has 0 amide bonds. The lowest BCUT2D eigenvalue weighted by molar-refractivity contribution is 0.804. The molecule has 0 unspecified atom stereocenters. The van der Waals surface area contributed by atoms with E-state index in [1.807, 2.05) is 0 Å². The fraction of sp³-hybridized carbons (Fsp3) is 0.714. The zero-order chi connectivity index (χ0) is 7.68. The maximum atomic E-state index is 5.60. The van der Waals surface area contributed by atoms with Crippen LogP contribution in [0.2, 0.25) is 0 Å². The van der Waals surface area contributed by atoms with Crippen LogP contribution in [0.3, 0.4) is 0 Å². The lowest BCUT2D eigenvalue weighted by Crippen LogP contribution is -1.84. The predicted molar refractivity (Wildman–Crippen MR) is 45.9 cm³/mol. The van der Waals surface area contributed by atoms with E-state index in [9.17, 15) is 0 Å². The van der Waals surface area contributed by atoms with E-state index >= 15 is 0 Å². The topological polar surface area (TPSA) is 25.8 Å². The Kier molecular flexibility index (Phi) is 2.09. The van der Waals surface area contributed by atoms with Gasteiger partial charge in [-0.25, -0.2) is 0 Å². The second kappa shape index (κ2) is 3.07. The zero-order valence-corrected chi connectivity index (χ0v) is 7.66. The summed E-state index contributed by atoms with van der Waals surface area (Å²) in [7, 11) is 0. The Morgan fingerprint density at radius 1 is 1.36 bits per heavy atom. The smallest absolute Gasteiger partial charge is 0.132 e. The molecular formula is C7H9ClN2S. The number of alkyl halides is 1. The highest BCUT2D eigenvalue weighted by atomic mass is 35.5. The SMILES string of the molecule is ClCc1nnc(CC2CC2)s1. The van der Waals surface area contributed by atoms with Crippen molar-refractivity contribution in [2.45, 2.75) is 25.1 Å². The maximum absolute atomic E-state index is 5.60. The monoisotopic (exact) mass is 188 g/mol. The van der Waals surface area contributed by atoms with Gasteiger partial charge in [-0.1, -0.05) is 0 Å². The Morgan fingerprint density at radius 2 is 2.09 bits per heavy atom. The summed E-state index contributed by atoms with van der Waals surface area (Å²) in [5.41, 5.74) is 0. The maximum Gasteiger partial charge on any atom is 0.132 e. The van der Waals surface area contributed by atoms with Crippen LogP contribution in [0.1, 0.15) is 22.9 Å². The van der Waals surface area contributed by atoms with Crippen molar-refractivity contribution in [2.24, 2.45) is 5.92 Å². The van der Waals surface area contributed by atoms with Gasteiger partial charge >= 0.3 is 0 Å². The summed E-state index contributed by atoms with van der Waals surface area (Å²) in [6.45, 7) is 0. The lowest BCUT2D eigenvalue weighted by atomic mass is 10.3. The van der Waals surface area contributed by atoms with Gasteiger partial charge in [0.15, 0.2) is 0 Å². The number of hydrogen-bond acceptors (Lipinski definition) is 3. The average Bonchev–Trinajstić information content (AvgIpc) is 2.68. The molecule has 2 nitrogen and oxygen atoms in total. The van der Waals surface area contributed by atoms with Crippen molar-refractivity contribution in [3.05, 3.63) is 10.0 Å². The fourth-order valence-electron chi connectivity index (χ4n) is 0.994. The molecule has 0 spiro atoms. The van der Waals surface area contributed by atoms with Gasteiger partial charge in [0.2, 0.25) is 0 Å². The van der Waals surface area contributed by atoms with Gasteiger partial charge in [-0.15, -0.1) is 33.1 Å². The molecule has 0 aliphatic heterocycles. The normalized spacial score (nSPS) is 17.2. The highest BCUT2D eigenvalue weighted by molar-refractivity contribution is 7.11. The van der Waals surface area contributed by atoms with Crippen LogP contribution in [0.5, 0.6) is 0 Å². The third kappa shape index (κ3) is 1.91. The number of halogens is 1. The molecule has 1 aromatic heterocycles. The molecule has 0 N–H and O–H groups in total. The summed E-state index contributed by atoms with van der Waals surface area (Å²) in [5, 5.41) is 10.1. The van der Waals surface area contributed by atoms with E-state index in [4.69, 9.17) is 11.6 Å². The van der Waals surface area contributed by atoms with Gasteiger partial charge < -0.3 is 0 Å². The van der Waals surface area contributed by atoms with Crippen molar-refractivity contribution >= 4 is 22.9 Å². The molecular weight excluding hydrogens is 180 g/mol. The van der Waals surface area contributed by atoms with Crippen LogP contribution in [0.15, 0.2) is 0 Å². The average molecular weight is 189 g/mol. The molecule has 1 aliphatic carbocycles. The third-order valence-electron chi connectivity index (χ3n) is 1.78. The van der Waals surface area contributed by atoms with Gasteiger partial charge in [0.25, 0.3) is 0 Å². The Balaban J connectivity index is 1.99. The van der Waals surface area contributed by atoms with Crippen LogP contribution in [0, 0.1) is 5.92 Å². The van der Waals surface area contributed by atoms with E-state index in [1.165, 1.54) is 12.8 Å². The summed E-state index contributed by atoms with van der Waals surface area (Å²) in [6, 6.07) is 0. The van der Waals surface area contributed by atoms with Crippen molar-refractivity contribution in [3.8, 4) is 0 Å². The third-order valence-corrected chi connectivity index (χ3v) is 3.14. The van der Waals surface area contributed by atoms with Crippen LogP contribution in [0.25, 0.3) is 0 Å². The van der Waals surface area contributed by atoms with E-state index in [1.54, 1.807) is 11.3 Å². The van der Waals surface area contributed by atoms with Crippen molar-refractivity contribution < 1.29 is 0 Å². The van der Waals surface area contributed by atoms with E-state index in [0.29, 0.717) is 5.88 Å². The molecule has 0 bridgehead atoms. The van der Waals surface area contributed by atoms with E-state index in [0.717, 1.165) is 22.4 Å². The molecule has 0 atom stereocenters. The second-order valence-corrected chi connectivity index (χ2v) is 4.28. The predicted octanol–water partition coefficient (Wildman–Crippen LogP) is 2.23. The highest BCUT2D eigenvalue weighted by Crippen LogP contribution is 2.33. The lowest BCUT2D eigenvalue weighted by Gasteiger charge is -1.86. The fourth-order valence-corrected chi connectivity index (χ4v) is 2.02. The summed E-state index contributed by atoms with van der Waals surface area (Å²) in [5.74, 6) is 1.40. The Morgan fingerprint density at radius 3 is 2.64 bits per heavy atom. The van der Waals surface area contributed by atoms with Gasteiger partial charge in [0.1, 0.15) is 10.0 Å². The van der Waals surface area contributed by atoms with Crippen LogP contribution < -0.4 is 0 Å². The summed E-state index contributed by atoms with van der Waals surface area (Å²) in [4.78, 5) is 0. The molecule has 0 aromatic carbocycles. The molecule has 1 heterocycles. The molecule has 0 radical (unpaired) electrons. The first-order valence-electron chi connectivity index (χ1n) is 3.75. The molecule has 60 valence electrons. The minimum Gasteiger partial charge on any atom is -0.144 e. The van der Waals surface area contributed by atoms with Gasteiger partial charge in [0.05, 0.1) is 5.88 Å². The van der Waals surface area contributed by atoms with Gasteiger partial charge in [-0.05, 0) is 18.8 Å². The molecule has 1 fully saturated rings. The molecule has 11 heavy (non-hydrogen) atoms. The Bertz CT molecular complexity index is 244. The first-order chi connectivity index (χ1) is 5.38. The van der Waals surface area contributed by atoms with Crippen LogP contribution in [-0.4, -0.2) is 10.2 Å². The van der Waals surface area contributed by atoms with Crippen molar-refractivity contribution in [2.75, 3.05) is 0 Å². The first-order valence-corrected chi connectivity index (χ1v) is 5.11. The molecule has 1 saturated carbocycles. The van der Waals surface area contributed by atoms with Crippen molar-refractivity contribution in [1.29, 1.82) is 0 Å². The standard InChI is InChI=1S/C7H9ClN2S/c8-4-7-10-9-6(11-7)3-5-1-2-5/h5H,1-4H2. The zero-order valence-electron chi connectivity index (χ0n) is 6.09. The summed E-state index contributed by atoms with van der Waals surface area (Å²) < 4.78 is 0. The number of nitrogens with zero attached hydrogens (tertiary/aromatic N) is 2.